The van der Waals surface area contributed by atoms with Crippen LogP contribution in [0.15, 0.2) is 15.8 Å². The third-order valence-electron chi connectivity index (χ3n) is 3.94. The van der Waals surface area contributed by atoms with Crippen LogP contribution in [0, 0.1) is 12.8 Å². The minimum absolute atomic E-state index is 0.124. The van der Waals surface area contributed by atoms with Crippen molar-refractivity contribution in [3.05, 3.63) is 32.6 Å². The van der Waals surface area contributed by atoms with E-state index in [9.17, 15) is 14.6 Å². The van der Waals surface area contributed by atoms with Crippen molar-refractivity contribution in [2.75, 3.05) is 0 Å². The predicted molar refractivity (Wildman–Crippen MR) is 76.9 cm³/mol. The van der Waals surface area contributed by atoms with Crippen LogP contribution in [0.25, 0.3) is 0 Å². The molecule has 1 aromatic rings. The zero-order chi connectivity index (χ0) is 15.0. The van der Waals surface area contributed by atoms with Crippen molar-refractivity contribution in [2.24, 2.45) is 5.92 Å². The summed E-state index contributed by atoms with van der Waals surface area (Å²) in [6, 6.07) is 0. The van der Waals surface area contributed by atoms with Gasteiger partial charge in [0, 0.05) is 11.8 Å². The number of nitrogens with zero attached hydrogens (tertiary/aromatic N) is 2. The maximum Gasteiger partial charge on any atom is 0.420 e. The third kappa shape index (κ3) is 2.47. The first-order chi connectivity index (χ1) is 9.36. The second-order valence-corrected chi connectivity index (χ2v) is 5.56. The Morgan fingerprint density at radius 2 is 2.15 bits per heavy atom. The average molecular weight is 280 g/mol. The van der Waals surface area contributed by atoms with Crippen molar-refractivity contribution in [3.8, 4) is 0 Å². The lowest BCUT2D eigenvalue weighted by atomic mass is 9.88. The fourth-order valence-corrected chi connectivity index (χ4v) is 2.80. The summed E-state index contributed by atoms with van der Waals surface area (Å²) in [7, 11) is -1.15. The molecule has 1 fully saturated rings. The molecule has 1 N–H and O–H groups in total. The van der Waals surface area contributed by atoms with Gasteiger partial charge in [0.1, 0.15) is 6.23 Å². The number of hydrogen-bond acceptors (Lipinski definition) is 4. The zero-order valence-electron chi connectivity index (χ0n) is 12.4. The lowest BCUT2D eigenvalue weighted by Gasteiger charge is -2.18. The van der Waals surface area contributed by atoms with Gasteiger partial charge in [0.15, 0.2) is 0 Å². The zero-order valence-corrected chi connectivity index (χ0v) is 12.4. The van der Waals surface area contributed by atoms with Gasteiger partial charge in [-0.2, -0.15) is 0 Å². The smallest absolute Gasteiger partial charge is 0.420 e. The van der Waals surface area contributed by atoms with Gasteiger partial charge in [-0.15, -0.1) is 0 Å². The van der Waals surface area contributed by atoms with Crippen LogP contribution < -0.4 is 11.2 Å². The molecule has 1 saturated heterocycles. The summed E-state index contributed by atoms with van der Waals surface area (Å²) < 4.78 is 8.18. The fraction of sp³-hybridized carbons (Fsp3) is 0.692. The molecule has 3 atom stereocenters. The molecule has 110 valence electrons. The molecule has 0 aromatic carbocycles. The Labute approximate surface area is 118 Å². The van der Waals surface area contributed by atoms with E-state index in [1.165, 1.54) is 17.6 Å². The monoisotopic (exact) mass is 280 g/mol. The van der Waals surface area contributed by atoms with E-state index in [4.69, 9.17) is 4.74 Å². The summed E-state index contributed by atoms with van der Waals surface area (Å²) in [6.07, 6.45) is 2.90. The average Bonchev–Trinajstić information content (AvgIpc) is 2.74. The molecule has 1 aliphatic rings. The predicted octanol–water partition coefficient (Wildman–Crippen LogP) is 0.610. The van der Waals surface area contributed by atoms with Gasteiger partial charge >= 0.3 is 12.7 Å². The van der Waals surface area contributed by atoms with E-state index in [0.29, 0.717) is 11.5 Å². The van der Waals surface area contributed by atoms with Crippen LogP contribution in [0.1, 0.15) is 38.5 Å². The van der Waals surface area contributed by atoms with E-state index in [-0.39, 0.29) is 12.3 Å². The molecule has 0 spiro atoms. The summed E-state index contributed by atoms with van der Waals surface area (Å²) in [5, 5.41) is 9.64. The Bertz CT molecular complexity index is 607. The minimum Gasteiger partial charge on any atom is -0.432 e. The summed E-state index contributed by atoms with van der Waals surface area (Å²) >= 11 is 0. The molecular formula is C13H21BN2O4. The highest BCUT2D eigenvalue weighted by atomic mass is 16.5. The molecule has 1 aromatic heterocycles. The second kappa shape index (κ2) is 5.57. The first-order valence-electron chi connectivity index (χ1n) is 7.04. The van der Waals surface area contributed by atoms with Crippen LogP contribution in [-0.4, -0.2) is 27.2 Å². The van der Waals surface area contributed by atoms with E-state index < -0.39 is 18.3 Å². The van der Waals surface area contributed by atoms with E-state index in [0.717, 1.165) is 17.3 Å². The Hall–Kier alpha value is -1.34. The topological polar surface area (TPSA) is 73.5 Å². The van der Waals surface area contributed by atoms with E-state index in [1.54, 1.807) is 6.92 Å². The normalized spacial score (nSPS) is 25.9. The Kier molecular flexibility index (Phi) is 4.20. The maximum absolute atomic E-state index is 12.4. The standard InChI is InChI=1S/C13H21BN2O4/c1-5-10-8(2)6-11(20-10)15-7-9(3)12(17)16(13(15)18)14(4)19/h7-8,10-11,19H,5-6H2,1-4H3/t8-,10+,11+/m0/s1. The summed E-state index contributed by atoms with van der Waals surface area (Å²) in [4.78, 5) is 24.3. The SMILES string of the molecule is CC[C@H]1O[C@@H](n2cc(C)c(=O)n(B(C)O)c2=O)C[C@@H]1C. The molecule has 0 unspecified atom stereocenters. The quantitative estimate of drug-likeness (QED) is 0.823. The molecule has 0 aliphatic carbocycles. The lowest BCUT2D eigenvalue weighted by Crippen LogP contribution is -2.48. The van der Waals surface area contributed by atoms with E-state index in [1.807, 2.05) is 6.92 Å². The third-order valence-corrected chi connectivity index (χ3v) is 3.94. The molecule has 0 bridgehead atoms. The van der Waals surface area contributed by atoms with Crippen molar-refractivity contribution >= 4 is 7.05 Å². The highest BCUT2D eigenvalue weighted by molar-refractivity contribution is 6.46. The molecule has 7 heteroatoms. The van der Waals surface area contributed by atoms with Crippen LogP contribution in [0.3, 0.4) is 0 Å². The van der Waals surface area contributed by atoms with E-state index in [2.05, 4.69) is 6.92 Å². The maximum atomic E-state index is 12.4. The molecular weight excluding hydrogens is 259 g/mol. The molecule has 2 heterocycles. The largest absolute Gasteiger partial charge is 0.432 e. The van der Waals surface area contributed by atoms with Crippen molar-refractivity contribution in [1.82, 2.24) is 9.05 Å². The number of ether oxygens (including phenoxy) is 1. The van der Waals surface area contributed by atoms with Crippen LogP contribution in [0.2, 0.25) is 6.82 Å². The molecule has 2 rings (SSSR count). The van der Waals surface area contributed by atoms with Crippen molar-refractivity contribution < 1.29 is 9.76 Å². The number of hydrogen-bond donors (Lipinski definition) is 1. The number of rotatable bonds is 3. The van der Waals surface area contributed by atoms with Gasteiger partial charge < -0.3 is 9.76 Å². The Morgan fingerprint density at radius 1 is 1.50 bits per heavy atom. The lowest BCUT2D eigenvalue weighted by molar-refractivity contribution is -0.00798. The first kappa shape index (κ1) is 15.1. The fourth-order valence-electron chi connectivity index (χ4n) is 2.80. The first-order valence-corrected chi connectivity index (χ1v) is 7.04. The van der Waals surface area contributed by atoms with Crippen molar-refractivity contribution in [2.45, 2.75) is 52.8 Å². The second-order valence-electron chi connectivity index (χ2n) is 5.56. The molecule has 1 aliphatic heterocycles. The molecule has 20 heavy (non-hydrogen) atoms. The Morgan fingerprint density at radius 3 is 2.65 bits per heavy atom. The number of aromatic nitrogens is 2. The van der Waals surface area contributed by atoms with Gasteiger partial charge in [-0.1, -0.05) is 13.8 Å². The molecule has 0 amide bonds. The van der Waals surface area contributed by atoms with Gasteiger partial charge in [0.05, 0.1) is 6.10 Å². The van der Waals surface area contributed by atoms with Gasteiger partial charge in [-0.05, 0) is 32.5 Å². The van der Waals surface area contributed by atoms with Gasteiger partial charge in [0.2, 0.25) is 5.56 Å². The van der Waals surface area contributed by atoms with Crippen LogP contribution >= 0.6 is 0 Å². The highest BCUT2D eigenvalue weighted by Gasteiger charge is 2.33. The molecule has 0 radical (unpaired) electrons. The van der Waals surface area contributed by atoms with Crippen LogP contribution in [0.4, 0.5) is 0 Å². The van der Waals surface area contributed by atoms with Crippen LogP contribution in [-0.2, 0) is 4.74 Å². The number of aryl methyl sites for hydroxylation is 1. The van der Waals surface area contributed by atoms with Gasteiger partial charge in [-0.25, -0.2) is 4.79 Å². The van der Waals surface area contributed by atoms with Crippen LogP contribution in [0.5, 0.6) is 0 Å². The minimum atomic E-state index is -1.15. The van der Waals surface area contributed by atoms with Gasteiger partial charge in [-0.3, -0.25) is 13.8 Å². The highest BCUT2D eigenvalue weighted by Crippen LogP contribution is 2.33. The van der Waals surface area contributed by atoms with Crippen molar-refractivity contribution in [1.29, 1.82) is 0 Å². The molecule has 0 saturated carbocycles. The summed E-state index contributed by atoms with van der Waals surface area (Å²) in [6.45, 7) is 7.18. The summed E-state index contributed by atoms with van der Waals surface area (Å²) in [5.41, 5.74) is -0.564. The Balaban J connectivity index is 2.49. The molecule has 6 nitrogen and oxygen atoms in total. The van der Waals surface area contributed by atoms with E-state index >= 15 is 0 Å². The summed E-state index contributed by atoms with van der Waals surface area (Å²) in [5.74, 6) is 0.365. The van der Waals surface area contributed by atoms with Gasteiger partial charge in [0.25, 0.3) is 0 Å². The van der Waals surface area contributed by atoms with Crippen molar-refractivity contribution in [3.63, 3.8) is 0 Å².